The van der Waals surface area contributed by atoms with Crippen LogP contribution in [-0.4, -0.2) is 83.7 Å². The van der Waals surface area contributed by atoms with Crippen molar-refractivity contribution < 1.29 is 42.2 Å². The average molecular weight is 753 g/mol. The second-order valence-electron chi connectivity index (χ2n) is 15.5. The number of hydrogen-bond donors (Lipinski definition) is 2. The third kappa shape index (κ3) is 9.13. The summed E-state index contributed by atoms with van der Waals surface area (Å²) in [6.07, 6.45) is -0.483. The Labute approximate surface area is 312 Å². The lowest BCUT2D eigenvalue weighted by atomic mass is 9.85. The molecule has 1 saturated heterocycles. The third-order valence-corrected chi connectivity index (χ3v) is 12.0. The largest absolute Gasteiger partial charge is 0.497 e. The number of aromatic nitrogens is 1. The number of hydrogen-bond acceptors (Lipinski definition) is 10. The highest BCUT2D eigenvalue weighted by atomic mass is 31.2. The molecular formula is C39H53N4O9P. The lowest BCUT2D eigenvalue weighted by Crippen LogP contribution is -2.58. The van der Waals surface area contributed by atoms with Gasteiger partial charge in [-0.2, -0.15) is 0 Å². The molecule has 1 aliphatic heterocycles. The molecule has 288 valence electrons. The number of nitrogens with one attached hydrogen (secondary N) is 2. The first kappa shape index (κ1) is 40.0. The number of alkyl carbamates (subject to hydrolysis) is 1. The van der Waals surface area contributed by atoms with Crippen LogP contribution in [0.4, 0.5) is 4.79 Å². The minimum atomic E-state index is -3.73. The molecule has 0 radical (unpaired) electrons. The standard InChI is InChI=1S/C39H53N4O9P/c1-10-49-53(47,50-11-2)39(19-20-39)42-34(44)31-22-27(24-43(31)35(45)33(37(3,4)5)41-36(46)52-38(6,7)8)51-32-23-29(25-15-13-12-14-16-25)40-30-21-26(48-9)17-18-28(30)32/h12-18,21,23,27,31,33H,10-11,19-20,22,24H2,1-9H3,(H,41,46)(H,42,44)/t27-,31+,33-/m1/s1. The molecule has 2 aliphatic rings. The van der Waals surface area contributed by atoms with Gasteiger partial charge in [0.1, 0.15) is 40.6 Å². The Kier molecular flexibility index (Phi) is 11.8. The van der Waals surface area contributed by atoms with E-state index in [4.69, 9.17) is 28.2 Å². The average Bonchev–Trinajstić information content (AvgIpc) is 3.76. The van der Waals surface area contributed by atoms with E-state index >= 15 is 0 Å². The molecule has 0 bridgehead atoms. The van der Waals surface area contributed by atoms with E-state index in [0.717, 1.165) is 10.9 Å². The van der Waals surface area contributed by atoms with Crippen LogP contribution in [0.2, 0.25) is 0 Å². The van der Waals surface area contributed by atoms with Crippen molar-refractivity contribution in [2.45, 2.75) is 104 Å². The lowest BCUT2D eigenvalue weighted by molar-refractivity contribution is -0.142. The van der Waals surface area contributed by atoms with E-state index in [0.29, 0.717) is 35.6 Å². The number of fused-ring (bicyclic) bond motifs is 1. The van der Waals surface area contributed by atoms with Gasteiger partial charge in [-0.25, -0.2) is 9.78 Å². The van der Waals surface area contributed by atoms with Crippen LogP contribution in [0.1, 0.15) is 74.7 Å². The molecule has 0 spiro atoms. The zero-order chi connectivity index (χ0) is 38.8. The van der Waals surface area contributed by atoms with Gasteiger partial charge in [-0.05, 0) is 65.0 Å². The van der Waals surface area contributed by atoms with Gasteiger partial charge in [-0.3, -0.25) is 14.2 Å². The van der Waals surface area contributed by atoms with Crippen molar-refractivity contribution >= 4 is 36.4 Å². The number of rotatable bonds is 13. The van der Waals surface area contributed by atoms with Crippen molar-refractivity contribution in [3.63, 3.8) is 0 Å². The Balaban J connectivity index is 1.51. The van der Waals surface area contributed by atoms with Crippen LogP contribution >= 0.6 is 7.60 Å². The van der Waals surface area contributed by atoms with Crippen LogP contribution in [0, 0.1) is 5.41 Å². The van der Waals surface area contributed by atoms with Crippen molar-refractivity contribution in [2.75, 3.05) is 26.9 Å². The number of amides is 3. The number of likely N-dealkylation sites (tertiary alicyclic amines) is 1. The van der Waals surface area contributed by atoms with Crippen LogP contribution in [0.3, 0.4) is 0 Å². The molecule has 53 heavy (non-hydrogen) atoms. The van der Waals surface area contributed by atoms with Crippen LogP contribution in [0.15, 0.2) is 54.6 Å². The molecule has 3 atom stereocenters. The zero-order valence-electron chi connectivity index (χ0n) is 32.2. The van der Waals surface area contributed by atoms with Crippen LogP contribution in [-0.2, 0) is 27.9 Å². The minimum Gasteiger partial charge on any atom is -0.497 e. The van der Waals surface area contributed by atoms with E-state index in [1.165, 1.54) is 4.90 Å². The second-order valence-corrected chi connectivity index (χ2v) is 17.9. The second kappa shape index (κ2) is 15.7. The predicted octanol–water partition coefficient (Wildman–Crippen LogP) is 7.07. The smallest absolute Gasteiger partial charge is 0.408 e. The van der Waals surface area contributed by atoms with Gasteiger partial charge in [0, 0.05) is 29.5 Å². The Morgan fingerprint density at radius 3 is 2.21 bits per heavy atom. The van der Waals surface area contributed by atoms with E-state index < -0.39 is 60.0 Å². The number of benzene rings is 2. The predicted molar refractivity (Wildman–Crippen MR) is 202 cm³/mol. The van der Waals surface area contributed by atoms with Gasteiger partial charge in [-0.1, -0.05) is 51.1 Å². The van der Waals surface area contributed by atoms with Crippen molar-refractivity contribution in [3.8, 4) is 22.8 Å². The number of pyridine rings is 1. The molecule has 1 saturated carbocycles. The number of methoxy groups -OCH3 is 1. The van der Waals surface area contributed by atoms with Gasteiger partial charge in [-0.15, -0.1) is 0 Å². The summed E-state index contributed by atoms with van der Waals surface area (Å²) < 4.78 is 42.9. The van der Waals surface area contributed by atoms with Gasteiger partial charge in [0.25, 0.3) is 0 Å². The molecule has 3 aromatic rings. The topological polar surface area (TPSA) is 155 Å². The number of nitrogens with zero attached hydrogens (tertiary/aromatic N) is 2. The zero-order valence-corrected chi connectivity index (χ0v) is 33.1. The molecular weight excluding hydrogens is 699 g/mol. The number of carbonyl (C=O) groups excluding carboxylic acids is 3. The van der Waals surface area contributed by atoms with Crippen LogP contribution in [0.5, 0.6) is 11.5 Å². The Hall–Kier alpha value is -4.19. The summed E-state index contributed by atoms with van der Waals surface area (Å²) in [5, 5.41) is 5.26. The Morgan fingerprint density at radius 1 is 0.981 bits per heavy atom. The summed E-state index contributed by atoms with van der Waals surface area (Å²) >= 11 is 0. The summed E-state index contributed by atoms with van der Waals surface area (Å²) in [5.74, 6) is 0.157. The van der Waals surface area contributed by atoms with E-state index in [2.05, 4.69) is 10.6 Å². The maximum absolute atomic E-state index is 14.6. The van der Waals surface area contributed by atoms with Gasteiger partial charge in [0.05, 0.1) is 38.1 Å². The fraction of sp³-hybridized carbons (Fsp3) is 0.538. The minimum absolute atomic E-state index is 0.0295. The lowest BCUT2D eigenvalue weighted by Gasteiger charge is -2.36. The fourth-order valence-electron chi connectivity index (χ4n) is 6.47. The molecule has 13 nitrogen and oxygen atoms in total. The Morgan fingerprint density at radius 2 is 1.64 bits per heavy atom. The molecule has 5 rings (SSSR count). The highest BCUT2D eigenvalue weighted by Gasteiger charge is 2.62. The van der Waals surface area contributed by atoms with Crippen molar-refractivity contribution in [1.82, 2.24) is 20.5 Å². The number of ether oxygens (including phenoxy) is 3. The van der Waals surface area contributed by atoms with Crippen LogP contribution < -0.4 is 20.1 Å². The van der Waals surface area contributed by atoms with Gasteiger partial charge < -0.3 is 38.8 Å². The maximum atomic E-state index is 14.6. The van der Waals surface area contributed by atoms with Crippen LogP contribution in [0.25, 0.3) is 22.2 Å². The fourth-order valence-corrected chi connectivity index (χ4v) is 8.63. The van der Waals surface area contributed by atoms with E-state index in [1.807, 2.05) is 75.4 Å². The Bertz CT molecular complexity index is 1840. The first-order valence-electron chi connectivity index (χ1n) is 18.1. The molecule has 0 unspecified atom stereocenters. The SMILES string of the molecule is CCOP(=O)(OCC)C1(NC(=O)[C@@H]2C[C@@H](Oc3cc(-c4ccccc4)nc4cc(OC)ccc34)CN2C(=O)[C@@H](NC(=O)OC(C)(C)C)C(C)(C)C)CC1. The third-order valence-electron chi connectivity index (χ3n) is 9.17. The van der Waals surface area contributed by atoms with E-state index in [1.54, 1.807) is 41.7 Å². The van der Waals surface area contributed by atoms with Crippen molar-refractivity contribution in [2.24, 2.45) is 5.41 Å². The van der Waals surface area contributed by atoms with E-state index in [-0.39, 0.29) is 26.2 Å². The molecule has 1 aliphatic carbocycles. The summed E-state index contributed by atoms with van der Waals surface area (Å²) in [7, 11) is -2.14. The highest BCUT2D eigenvalue weighted by molar-refractivity contribution is 7.56. The van der Waals surface area contributed by atoms with Gasteiger partial charge >= 0.3 is 13.7 Å². The molecule has 2 heterocycles. The van der Waals surface area contributed by atoms with Gasteiger partial charge in [0.2, 0.25) is 11.8 Å². The van der Waals surface area contributed by atoms with E-state index in [9.17, 15) is 18.9 Å². The molecule has 2 fully saturated rings. The summed E-state index contributed by atoms with van der Waals surface area (Å²) in [5.41, 5.74) is 0.638. The molecule has 3 amide bonds. The first-order chi connectivity index (χ1) is 24.9. The molecule has 14 heteroatoms. The highest BCUT2D eigenvalue weighted by Crippen LogP contribution is 2.69. The van der Waals surface area contributed by atoms with Gasteiger partial charge in [0.15, 0.2) is 0 Å². The maximum Gasteiger partial charge on any atom is 0.408 e. The van der Waals surface area contributed by atoms with Crippen molar-refractivity contribution in [1.29, 1.82) is 0 Å². The monoisotopic (exact) mass is 752 g/mol. The van der Waals surface area contributed by atoms with Crippen molar-refractivity contribution in [3.05, 3.63) is 54.6 Å². The molecule has 2 N–H and O–H groups in total. The summed E-state index contributed by atoms with van der Waals surface area (Å²) in [4.78, 5) is 48.3. The quantitative estimate of drug-likeness (QED) is 0.173. The molecule has 2 aromatic carbocycles. The summed E-state index contributed by atoms with van der Waals surface area (Å²) in [6.45, 7) is 14.4. The normalized spacial score (nSPS) is 19.0. The molecule has 1 aromatic heterocycles. The summed E-state index contributed by atoms with van der Waals surface area (Å²) in [6, 6.07) is 15.0. The first-order valence-corrected chi connectivity index (χ1v) is 19.7. The number of carbonyl (C=O) groups is 3.